The molecule has 5 rings (SSSR count). The minimum Gasteiger partial charge on any atom is -0.459 e. The first-order valence-corrected chi connectivity index (χ1v) is 13.3. The summed E-state index contributed by atoms with van der Waals surface area (Å²) in [5.41, 5.74) is 4.50. The zero-order valence-electron chi connectivity index (χ0n) is 20.7. The zero-order chi connectivity index (χ0) is 26.1. The number of benzene rings is 2. The quantitative estimate of drug-likeness (QED) is 0.237. The maximum absolute atomic E-state index is 12.3. The van der Waals surface area contributed by atoms with Crippen LogP contribution < -0.4 is 15.5 Å². The first kappa shape index (κ1) is 25.2. The molecule has 0 bridgehead atoms. The zero-order valence-corrected chi connectivity index (χ0v) is 23.1. The maximum Gasteiger partial charge on any atom is 0.226 e. The molecule has 4 aromatic rings. The average Bonchev–Trinajstić information content (AvgIpc) is 3.51. The molecule has 2 aromatic heterocycles. The third-order valence-electron chi connectivity index (χ3n) is 6.42. The van der Waals surface area contributed by atoms with E-state index < -0.39 is 0 Å². The van der Waals surface area contributed by atoms with Crippen LogP contribution in [0.3, 0.4) is 0 Å². The average molecular weight is 576 g/mol. The summed E-state index contributed by atoms with van der Waals surface area (Å²) < 4.78 is 7.45. The van der Waals surface area contributed by atoms with Crippen molar-refractivity contribution >= 4 is 50.5 Å². The molecule has 2 atom stereocenters. The van der Waals surface area contributed by atoms with E-state index in [4.69, 9.17) is 16.6 Å². The third kappa shape index (κ3) is 5.17. The molecule has 8 heteroatoms. The molecule has 3 heterocycles. The summed E-state index contributed by atoms with van der Waals surface area (Å²) in [5.74, 6) is 1.44. The van der Waals surface area contributed by atoms with E-state index in [1.54, 1.807) is 6.20 Å². The Labute approximate surface area is 230 Å². The number of aromatic nitrogens is 1. The second-order valence-corrected chi connectivity index (χ2v) is 10.7. The number of aryl methyl sites for hydroxylation is 1. The summed E-state index contributed by atoms with van der Waals surface area (Å²) in [4.78, 5) is 18.9. The van der Waals surface area contributed by atoms with Gasteiger partial charge in [-0.25, -0.2) is 0 Å². The summed E-state index contributed by atoms with van der Waals surface area (Å²) in [6.07, 6.45) is 1.78. The third-order valence-corrected chi connectivity index (χ3v) is 7.26. The van der Waals surface area contributed by atoms with E-state index in [1.807, 2.05) is 93.6 Å². The van der Waals surface area contributed by atoms with Crippen LogP contribution in [0.15, 0.2) is 87.9 Å². The molecule has 2 aromatic carbocycles. The molecule has 0 aliphatic carbocycles. The van der Waals surface area contributed by atoms with Gasteiger partial charge in [-0.3, -0.25) is 9.78 Å². The Balaban J connectivity index is 1.54. The Morgan fingerprint density at radius 1 is 1.11 bits per heavy atom. The van der Waals surface area contributed by atoms with Crippen molar-refractivity contribution in [3.05, 3.63) is 100 Å². The second-order valence-electron chi connectivity index (χ2n) is 9.35. The maximum atomic E-state index is 12.3. The fourth-order valence-corrected chi connectivity index (χ4v) is 5.03. The Hall–Kier alpha value is -3.49. The van der Waals surface area contributed by atoms with Gasteiger partial charge in [-0.05, 0) is 79.3 Å². The Morgan fingerprint density at radius 2 is 1.89 bits per heavy atom. The summed E-state index contributed by atoms with van der Waals surface area (Å²) in [7, 11) is 0. The second kappa shape index (κ2) is 10.5. The molecule has 1 aliphatic rings. The standard InChI is InChI=1S/C29H27BrN4O2S/c1-17(2)28(35)32-22-12-11-21(16-18(22)3)34-27(26(33-29(34)37)23-6-4-5-15-31-23)25-14-13-24(36-25)19-7-9-20(30)10-8-19/h4-17,26-27H,1-3H3,(H,32,35)(H,33,37)/t26-,27+/m0/s1. The lowest BCUT2D eigenvalue weighted by Gasteiger charge is -2.27. The van der Waals surface area contributed by atoms with Gasteiger partial charge >= 0.3 is 0 Å². The van der Waals surface area contributed by atoms with E-state index in [2.05, 4.69) is 36.4 Å². The van der Waals surface area contributed by atoms with Crippen LogP contribution in [0.1, 0.15) is 42.9 Å². The summed E-state index contributed by atoms with van der Waals surface area (Å²) in [6.45, 7) is 5.74. The molecule has 1 saturated heterocycles. The Morgan fingerprint density at radius 3 is 2.57 bits per heavy atom. The molecule has 188 valence electrons. The highest BCUT2D eigenvalue weighted by molar-refractivity contribution is 9.10. The molecule has 0 radical (unpaired) electrons. The van der Waals surface area contributed by atoms with Crippen LogP contribution in [0, 0.1) is 12.8 Å². The van der Waals surface area contributed by atoms with E-state index in [9.17, 15) is 4.79 Å². The van der Waals surface area contributed by atoms with Crippen molar-refractivity contribution in [2.75, 3.05) is 10.2 Å². The van der Waals surface area contributed by atoms with E-state index in [0.717, 1.165) is 44.2 Å². The normalized spacial score (nSPS) is 17.2. The number of anilines is 2. The Kier molecular flexibility index (Phi) is 7.13. The van der Waals surface area contributed by atoms with Crippen molar-refractivity contribution in [1.82, 2.24) is 10.3 Å². The van der Waals surface area contributed by atoms with Crippen LogP contribution in [0.2, 0.25) is 0 Å². The minimum atomic E-state index is -0.262. The van der Waals surface area contributed by atoms with Gasteiger partial charge in [-0.15, -0.1) is 0 Å². The predicted octanol–water partition coefficient (Wildman–Crippen LogP) is 7.18. The number of carbonyl (C=O) groups excluding carboxylic acids is 1. The van der Waals surface area contributed by atoms with Crippen molar-refractivity contribution in [1.29, 1.82) is 0 Å². The SMILES string of the molecule is Cc1cc(N2C(=S)N[C@@H](c3ccccn3)[C@H]2c2ccc(-c3ccc(Br)cc3)o2)ccc1NC(=O)C(C)C. The fraction of sp³-hybridized carbons (Fsp3) is 0.207. The number of amides is 1. The minimum absolute atomic E-state index is 0.0154. The van der Waals surface area contributed by atoms with Crippen molar-refractivity contribution in [2.45, 2.75) is 32.9 Å². The van der Waals surface area contributed by atoms with Crippen molar-refractivity contribution in [3.63, 3.8) is 0 Å². The molecule has 1 amide bonds. The highest BCUT2D eigenvalue weighted by atomic mass is 79.9. The fourth-order valence-electron chi connectivity index (χ4n) is 4.42. The molecular weight excluding hydrogens is 548 g/mol. The van der Waals surface area contributed by atoms with Gasteiger partial charge in [0, 0.05) is 33.5 Å². The van der Waals surface area contributed by atoms with Gasteiger partial charge in [0.05, 0.1) is 11.7 Å². The van der Waals surface area contributed by atoms with Crippen LogP contribution in [0.5, 0.6) is 0 Å². The van der Waals surface area contributed by atoms with E-state index in [-0.39, 0.29) is 23.9 Å². The summed E-state index contributed by atoms with van der Waals surface area (Å²) in [6, 6.07) is 23.4. The van der Waals surface area contributed by atoms with Gasteiger partial charge in [0.1, 0.15) is 17.6 Å². The highest BCUT2D eigenvalue weighted by Crippen LogP contribution is 2.43. The predicted molar refractivity (Wildman–Crippen MR) is 154 cm³/mol. The Bertz CT molecular complexity index is 1440. The molecule has 0 unspecified atom stereocenters. The van der Waals surface area contributed by atoms with Gasteiger partial charge in [0.15, 0.2) is 5.11 Å². The lowest BCUT2D eigenvalue weighted by Crippen LogP contribution is -2.29. The van der Waals surface area contributed by atoms with Gasteiger partial charge in [0.25, 0.3) is 0 Å². The largest absolute Gasteiger partial charge is 0.459 e. The molecule has 37 heavy (non-hydrogen) atoms. The lowest BCUT2D eigenvalue weighted by atomic mass is 10.0. The van der Waals surface area contributed by atoms with E-state index in [0.29, 0.717) is 5.11 Å². The summed E-state index contributed by atoms with van der Waals surface area (Å²) in [5, 5.41) is 7.05. The van der Waals surface area contributed by atoms with Crippen LogP contribution in [0.25, 0.3) is 11.3 Å². The van der Waals surface area contributed by atoms with Gasteiger partial charge in [0.2, 0.25) is 5.91 Å². The van der Waals surface area contributed by atoms with Gasteiger partial charge in [-0.1, -0.05) is 48.0 Å². The number of rotatable bonds is 6. The van der Waals surface area contributed by atoms with Crippen molar-refractivity contribution in [3.8, 4) is 11.3 Å². The van der Waals surface area contributed by atoms with Gasteiger partial charge in [-0.2, -0.15) is 0 Å². The molecule has 1 aliphatic heterocycles. The highest BCUT2D eigenvalue weighted by Gasteiger charge is 2.42. The smallest absolute Gasteiger partial charge is 0.226 e. The molecule has 1 fully saturated rings. The number of furan rings is 1. The molecule has 0 spiro atoms. The number of halogens is 1. The van der Waals surface area contributed by atoms with Crippen LogP contribution in [-0.4, -0.2) is 16.0 Å². The first-order valence-electron chi connectivity index (χ1n) is 12.1. The first-order chi connectivity index (χ1) is 17.8. The lowest BCUT2D eigenvalue weighted by molar-refractivity contribution is -0.118. The number of thiocarbonyl (C=S) groups is 1. The van der Waals surface area contributed by atoms with Crippen LogP contribution in [0.4, 0.5) is 11.4 Å². The monoisotopic (exact) mass is 574 g/mol. The summed E-state index contributed by atoms with van der Waals surface area (Å²) >= 11 is 9.33. The number of hydrogen-bond donors (Lipinski definition) is 2. The number of hydrogen-bond acceptors (Lipinski definition) is 4. The van der Waals surface area contributed by atoms with Gasteiger partial charge < -0.3 is 20.0 Å². The topological polar surface area (TPSA) is 70.4 Å². The number of pyridine rings is 1. The van der Waals surface area contributed by atoms with E-state index in [1.165, 1.54) is 0 Å². The molecule has 6 nitrogen and oxygen atoms in total. The van der Waals surface area contributed by atoms with Crippen LogP contribution in [-0.2, 0) is 4.79 Å². The number of nitrogens with zero attached hydrogens (tertiary/aromatic N) is 2. The molecule has 2 N–H and O–H groups in total. The van der Waals surface area contributed by atoms with Crippen molar-refractivity contribution < 1.29 is 9.21 Å². The van der Waals surface area contributed by atoms with Crippen LogP contribution >= 0.6 is 28.1 Å². The number of carbonyl (C=O) groups is 1. The van der Waals surface area contributed by atoms with E-state index >= 15 is 0 Å². The van der Waals surface area contributed by atoms with Crippen molar-refractivity contribution in [2.24, 2.45) is 5.92 Å². The molecular formula is C29H27BrN4O2S. The molecule has 0 saturated carbocycles. The number of nitrogens with one attached hydrogen (secondary N) is 2.